The van der Waals surface area contributed by atoms with Gasteiger partial charge in [-0.3, -0.25) is 9.59 Å². The van der Waals surface area contributed by atoms with Crippen molar-refractivity contribution < 1.29 is 36.6 Å². The largest absolute Gasteiger partial charge is 0.481 e. The van der Waals surface area contributed by atoms with Crippen LogP contribution in [0.15, 0.2) is 42.5 Å². The van der Waals surface area contributed by atoms with E-state index in [9.17, 15) is 36.6 Å². The number of aliphatic carboxylic acids is 1. The molecule has 5 rings (SSSR count). The average molecular weight is 550 g/mol. The van der Waals surface area contributed by atoms with Crippen LogP contribution in [-0.2, 0) is 33.5 Å². The molecule has 9 heteroatoms. The van der Waals surface area contributed by atoms with Crippen LogP contribution in [0, 0.1) is 17.7 Å². The normalized spacial score (nSPS) is 28.4. The summed E-state index contributed by atoms with van der Waals surface area (Å²) in [6.07, 6.45) is -1.16. The van der Waals surface area contributed by atoms with Gasteiger partial charge in [0.2, 0.25) is 11.6 Å². The van der Waals surface area contributed by atoms with E-state index in [2.05, 4.69) is 0 Å². The van der Waals surface area contributed by atoms with Gasteiger partial charge in [0.15, 0.2) is 0 Å². The molecule has 2 aromatic carbocycles. The highest BCUT2D eigenvalue weighted by Gasteiger charge is 2.56. The van der Waals surface area contributed by atoms with Crippen LogP contribution in [0.1, 0.15) is 67.7 Å². The summed E-state index contributed by atoms with van der Waals surface area (Å²) in [7, 11) is 0. The lowest BCUT2D eigenvalue weighted by atomic mass is 9.63. The number of hydrogen-bond acceptors (Lipinski definition) is 2. The third kappa shape index (κ3) is 4.82. The maximum Gasteiger partial charge on any atom is 0.426 e. The van der Waals surface area contributed by atoms with Gasteiger partial charge in [0.05, 0.1) is 5.92 Å². The molecule has 210 valence electrons. The molecular weight excluding hydrogens is 517 g/mol. The molecule has 1 saturated carbocycles. The Labute approximate surface area is 224 Å². The van der Waals surface area contributed by atoms with Crippen molar-refractivity contribution in [2.75, 3.05) is 6.54 Å². The molecule has 39 heavy (non-hydrogen) atoms. The Morgan fingerprint density at radius 1 is 0.974 bits per heavy atom. The maximum absolute atomic E-state index is 14.8. The number of carbonyl (C=O) groups is 2. The predicted molar refractivity (Wildman–Crippen MR) is 134 cm³/mol. The van der Waals surface area contributed by atoms with E-state index in [-0.39, 0.29) is 23.7 Å². The van der Waals surface area contributed by atoms with Crippen molar-refractivity contribution in [2.45, 2.75) is 81.6 Å². The summed E-state index contributed by atoms with van der Waals surface area (Å²) in [6, 6.07) is 10.0. The van der Waals surface area contributed by atoms with Crippen molar-refractivity contribution >= 4 is 11.9 Å². The van der Waals surface area contributed by atoms with E-state index >= 15 is 0 Å². The van der Waals surface area contributed by atoms with E-state index in [0.29, 0.717) is 70.4 Å². The first-order chi connectivity index (χ1) is 18.3. The van der Waals surface area contributed by atoms with Gasteiger partial charge < -0.3 is 10.0 Å². The molecule has 0 bridgehead atoms. The Morgan fingerprint density at radius 2 is 1.62 bits per heavy atom. The van der Waals surface area contributed by atoms with E-state index in [4.69, 9.17) is 0 Å². The Hall–Kier alpha value is -2.97. The molecule has 1 amide bonds. The van der Waals surface area contributed by atoms with Gasteiger partial charge in [-0.05, 0) is 92.7 Å². The van der Waals surface area contributed by atoms with E-state index < -0.39 is 34.7 Å². The summed E-state index contributed by atoms with van der Waals surface area (Å²) in [6.45, 7) is 0.998. The molecule has 2 fully saturated rings. The molecule has 3 atom stereocenters. The van der Waals surface area contributed by atoms with Crippen molar-refractivity contribution in [3.05, 3.63) is 70.5 Å². The number of nitrogens with zero attached hydrogens (tertiary/aromatic N) is 1. The fraction of sp³-hybridized carbons (Fsp3) is 0.533. The quantitative estimate of drug-likeness (QED) is 0.434. The van der Waals surface area contributed by atoms with Gasteiger partial charge in [0.25, 0.3) is 0 Å². The van der Waals surface area contributed by atoms with Gasteiger partial charge in [-0.25, -0.2) is 8.78 Å². The van der Waals surface area contributed by atoms with Crippen LogP contribution in [0.3, 0.4) is 0 Å². The highest BCUT2D eigenvalue weighted by atomic mass is 19.4. The van der Waals surface area contributed by atoms with E-state index in [1.165, 1.54) is 24.3 Å². The zero-order valence-electron chi connectivity index (χ0n) is 21.7. The van der Waals surface area contributed by atoms with Crippen LogP contribution in [0.25, 0.3) is 0 Å². The van der Waals surface area contributed by atoms with Gasteiger partial charge in [-0.1, -0.05) is 30.3 Å². The lowest BCUT2D eigenvalue weighted by Crippen LogP contribution is -2.51. The Kier molecular flexibility index (Phi) is 7.00. The van der Waals surface area contributed by atoms with Gasteiger partial charge >= 0.3 is 12.1 Å². The average Bonchev–Trinajstić information content (AvgIpc) is 3.28. The minimum atomic E-state index is -5.06. The Bertz CT molecular complexity index is 1250. The minimum absolute atomic E-state index is 0.00158. The molecular formula is C30H32F5NO3. The van der Waals surface area contributed by atoms with Crippen molar-refractivity contribution in [1.82, 2.24) is 4.90 Å². The number of aryl methyl sites for hydroxylation is 1. The van der Waals surface area contributed by atoms with Crippen molar-refractivity contribution in [3.8, 4) is 0 Å². The molecule has 2 aromatic rings. The summed E-state index contributed by atoms with van der Waals surface area (Å²) in [5.74, 6) is -1.91. The van der Waals surface area contributed by atoms with Gasteiger partial charge in [-0.15, -0.1) is 0 Å². The second-order valence-corrected chi connectivity index (χ2v) is 11.6. The lowest BCUT2D eigenvalue weighted by molar-refractivity contribution is -0.228. The summed E-state index contributed by atoms with van der Waals surface area (Å²) in [4.78, 5) is 27.0. The third-order valence-electron chi connectivity index (χ3n) is 9.36. The summed E-state index contributed by atoms with van der Waals surface area (Å²) < 4.78 is 68.9. The maximum atomic E-state index is 14.8. The molecule has 3 aliphatic rings. The lowest BCUT2D eigenvalue weighted by Gasteiger charge is -2.45. The molecule has 4 nitrogen and oxygen atoms in total. The number of amides is 1. The number of hydrogen-bond donors (Lipinski definition) is 1. The molecule has 1 unspecified atom stereocenters. The van der Waals surface area contributed by atoms with E-state index in [0.717, 1.165) is 11.1 Å². The molecule has 1 N–H and O–H groups in total. The van der Waals surface area contributed by atoms with Crippen molar-refractivity contribution in [2.24, 2.45) is 11.8 Å². The second-order valence-electron chi connectivity index (χ2n) is 11.6. The fourth-order valence-corrected chi connectivity index (χ4v) is 7.07. The monoisotopic (exact) mass is 549 g/mol. The zero-order chi connectivity index (χ0) is 28.2. The number of alkyl halides is 4. The molecule has 1 heterocycles. The molecule has 2 aliphatic carbocycles. The summed E-state index contributed by atoms with van der Waals surface area (Å²) in [5, 5.41) is 9.32. The minimum Gasteiger partial charge on any atom is -0.481 e. The molecule has 0 spiro atoms. The third-order valence-corrected chi connectivity index (χ3v) is 9.36. The van der Waals surface area contributed by atoms with E-state index in [1.54, 1.807) is 18.2 Å². The van der Waals surface area contributed by atoms with Crippen LogP contribution >= 0.6 is 0 Å². The van der Waals surface area contributed by atoms with Crippen molar-refractivity contribution in [3.63, 3.8) is 0 Å². The fourth-order valence-electron chi connectivity index (χ4n) is 7.07. The number of carbonyl (C=O) groups excluding carboxylic acids is 1. The first kappa shape index (κ1) is 27.6. The van der Waals surface area contributed by atoms with Gasteiger partial charge in [0, 0.05) is 23.9 Å². The highest BCUT2D eigenvalue weighted by molar-refractivity contribution is 5.80. The number of benzene rings is 2. The Morgan fingerprint density at radius 3 is 2.23 bits per heavy atom. The van der Waals surface area contributed by atoms with Crippen LogP contribution in [0.2, 0.25) is 0 Å². The van der Waals surface area contributed by atoms with Crippen LogP contribution in [0.4, 0.5) is 22.0 Å². The number of halogens is 5. The second kappa shape index (κ2) is 9.89. The predicted octanol–water partition coefficient (Wildman–Crippen LogP) is 6.49. The number of rotatable bonds is 5. The van der Waals surface area contributed by atoms with E-state index in [1.807, 2.05) is 4.90 Å². The summed E-state index contributed by atoms with van der Waals surface area (Å²) in [5.41, 5.74) is -2.23. The Balaban J connectivity index is 1.49. The number of fused-ring (bicyclic) bond motifs is 3. The number of likely N-dealkylation sites (tertiary alicyclic amines) is 1. The van der Waals surface area contributed by atoms with Crippen LogP contribution < -0.4 is 0 Å². The molecule has 1 aliphatic heterocycles. The molecule has 0 radical (unpaired) electrons. The summed E-state index contributed by atoms with van der Waals surface area (Å²) >= 11 is 0. The van der Waals surface area contributed by atoms with Crippen molar-refractivity contribution in [1.29, 1.82) is 0 Å². The van der Waals surface area contributed by atoms with Crippen LogP contribution in [-0.4, -0.2) is 40.6 Å². The number of carboxylic acids is 1. The smallest absolute Gasteiger partial charge is 0.426 e. The van der Waals surface area contributed by atoms with Gasteiger partial charge in [-0.2, -0.15) is 13.2 Å². The zero-order valence-corrected chi connectivity index (χ0v) is 21.7. The molecule has 1 saturated heterocycles. The van der Waals surface area contributed by atoms with Crippen LogP contribution in [0.5, 0.6) is 0 Å². The molecule has 0 aromatic heterocycles. The van der Waals surface area contributed by atoms with Gasteiger partial charge in [0.1, 0.15) is 5.82 Å². The standard InChI is InChI=1S/C30H32F5NO3/c1-28(32,30(33,34)35)22-9-12-24-21(16-22)8-13-25-29(24,17-18-2-10-23(31)11-3-18)14-15-36(25)26(37)19-4-6-20(7-5-19)27(38)39/h2-3,9-12,16,19-20,25H,4-8,13-15,17H2,1H3,(H,38,39)/t19?,20?,25-,28?,29-/m1/s1. The SMILES string of the molecule is CC(F)(c1ccc2c(c1)CC[C@H]1N(C(=O)C3CCC(C(=O)O)CC3)CC[C@@]21Cc1ccc(F)cc1)C(F)(F)F. The first-order valence-corrected chi connectivity index (χ1v) is 13.5. The number of carboxylic acid groups (broad SMARTS) is 1. The first-order valence-electron chi connectivity index (χ1n) is 13.5. The topological polar surface area (TPSA) is 57.6 Å². The highest BCUT2D eigenvalue weighted by Crippen LogP contribution is 2.51.